The Morgan fingerprint density at radius 3 is 2.65 bits per heavy atom. The Balaban J connectivity index is 2.71. The number of aliphatic hydroxyl groups is 1. The molecule has 0 heterocycles. The molecule has 0 saturated heterocycles. The third kappa shape index (κ3) is 4.60. The van der Waals surface area contributed by atoms with Crippen LogP contribution >= 0.6 is 11.8 Å². The van der Waals surface area contributed by atoms with Crippen LogP contribution in [0.15, 0.2) is 24.3 Å². The zero-order chi connectivity index (χ0) is 12.9. The van der Waals surface area contributed by atoms with Crippen molar-refractivity contribution < 1.29 is 18.3 Å². The van der Waals surface area contributed by atoms with Crippen molar-refractivity contribution in [3.05, 3.63) is 35.4 Å². The van der Waals surface area contributed by atoms with Crippen molar-refractivity contribution in [2.24, 2.45) is 0 Å². The van der Waals surface area contributed by atoms with E-state index in [0.717, 1.165) is 24.3 Å². The standard InChI is InChI=1S/C12H15F3OS/c1-17-7-3-6-11(16)9-4-2-5-10(8-9)12(13,14)15/h2,4-5,8,11,16H,3,6-7H2,1H3. The fraction of sp³-hybridized carbons (Fsp3) is 0.500. The Kier molecular flexibility index (Phi) is 5.33. The molecule has 0 aliphatic carbocycles. The van der Waals surface area contributed by atoms with Gasteiger partial charge in [-0.3, -0.25) is 0 Å². The smallest absolute Gasteiger partial charge is 0.388 e. The molecule has 1 rings (SSSR count). The number of hydrogen-bond acceptors (Lipinski definition) is 2. The predicted molar refractivity (Wildman–Crippen MR) is 64.0 cm³/mol. The first-order chi connectivity index (χ1) is 7.95. The van der Waals surface area contributed by atoms with Gasteiger partial charge in [-0.15, -0.1) is 0 Å². The summed E-state index contributed by atoms with van der Waals surface area (Å²) in [4.78, 5) is 0. The molecule has 1 unspecified atom stereocenters. The fourth-order valence-corrected chi connectivity index (χ4v) is 1.97. The first kappa shape index (κ1) is 14.4. The van der Waals surface area contributed by atoms with Crippen molar-refractivity contribution in [2.45, 2.75) is 25.1 Å². The van der Waals surface area contributed by atoms with E-state index in [0.29, 0.717) is 12.0 Å². The molecule has 0 aliphatic rings. The van der Waals surface area contributed by atoms with E-state index in [1.54, 1.807) is 11.8 Å². The van der Waals surface area contributed by atoms with Gasteiger partial charge in [-0.2, -0.15) is 24.9 Å². The van der Waals surface area contributed by atoms with E-state index in [1.165, 1.54) is 12.1 Å². The number of aliphatic hydroxyl groups excluding tert-OH is 1. The van der Waals surface area contributed by atoms with E-state index < -0.39 is 17.8 Å². The quantitative estimate of drug-likeness (QED) is 0.814. The maximum Gasteiger partial charge on any atom is 0.416 e. The number of halogens is 3. The van der Waals surface area contributed by atoms with Crippen LogP contribution in [0, 0.1) is 0 Å². The third-order valence-corrected chi connectivity index (χ3v) is 3.12. The van der Waals surface area contributed by atoms with Crippen LogP contribution in [-0.2, 0) is 6.18 Å². The van der Waals surface area contributed by atoms with E-state index in [-0.39, 0.29) is 0 Å². The zero-order valence-corrected chi connectivity index (χ0v) is 10.3. The molecule has 96 valence electrons. The Labute approximate surface area is 103 Å². The minimum atomic E-state index is -4.35. The van der Waals surface area contributed by atoms with Gasteiger partial charge < -0.3 is 5.11 Å². The van der Waals surface area contributed by atoms with Gasteiger partial charge in [0.05, 0.1) is 11.7 Å². The molecule has 1 atom stereocenters. The summed E-state index contributed by atoms with van der Waals surface area (Å²) in [6.07, 6.45) is -1.93. The minimum Gasteiger partial charge on any atom is -0.388 e. The normalized spacial score (nSPS) is 13.7. The molecule has 0 spiro atoms. The molecule has 1 aromatic carbocycles. The lowest BCUT2D eigenvalue weighted by Crippen LogP contribution is -2.07. The Morgan fingerprint density at radius 1 is 1.35 bits per heavy atom. The predicted octanol–water partition coefficient (Wildman–Crippen LogP) is 3.88. The molecule has 0 amide bonds. The molecular weight excluding hydrogens is 249 g/mol. The highest BCUT2D eigenvalue weighted by Crippen LogP contribution is 2.31. The lowest BCUT2D eigenvalue weighted by atomic mass is 10.0. The molecule has 0 aliphatic heterocycles. The van der Waals surface area contributed by atoms with Gasteiger partial charge in [0.25, 0.3) is 0 Å². The summed E-state index contributed by atoms with van der Waals surface area (Å²) in [5.41, 5.74) is -0.375. The van der Waals surface area contributed by atoms with Gasteiger partial charge in [0.1, 0.15) is 0 Å². The number of alkyl halides is 3. The Bertz CT molecular complexity index is 352. The van der Waals surface area contributed by atoms with E-state index in [1.807, 2.05) is 6.26 Å². The van der Waals surface area contributed by atoms with Crippen LogP contribution in [0.2, 0.25) is 0 Å². The molecule has 0 radical (unpaired) electrons. The number of thioether (sulfide) groups is 1. The molecule has 0 saturated carbocycles. The van der Waals surface area contributed by atoms with Crippen LogP contribution < -0.4 is 0 Å². The largest absolute Gasteiger partial charge is 0.416 e. The van der Waals surface area contributed by atoms with Crippen molar-refractivity contribution >= 4 is 11.8 Å². The van der Waals surface area contributed by atoms with Gasteiger partial charge in [-0.05, 0) is 42.5 Å². The van der Waals surface area contributed by atoms with Gasteiger partial charge in [0.15, 0.2) is 0 Å². The van der Waals surface area contributed by atoms with Gasteiger partial charge in [-0.1, -0.05) is 12.1 Å². The molecule has 17 heavy (non-hydrogen) atoms. The lowest BCUT2D eigenvalue weighted by Gasteiger charge is -2.13. The van der Waals surface area contributed by atoms with E-state index in [9.17, 15) is 18.3 Å². The molecule has 1 aromatic rings. The van der Waals surface area contributed by atoms with E-state index in [2.05, 4.69) is 0 Å². The summed E-state index contributed by atoms with van der Waals surface area (Å²) >= 11 is 1.66. The van der Waals surface area contributed by atoms with Crippen LogP contribution in [0.5, 0.6) is 0 Å². The van der Waals surface area contributed by atoms with E-state index >= 15 is 0 Å². The van der Waals surface area contributed by atoms with Crippen LogP contribution in [0.4, 0.5) is 13.2 Å². The van der Waals surface area contributed by atoms with Crippen molar-refractivity contribution in [3.63, 3.8) is 0 Å². The summed E-state index contributed by atoms with van der Waals surface area (Å²) in [6, 6.07) is 4.89. The second kappa shape index (κ2) is 6.31. The van der Waals surface area contributed by atoms with E-state index in [4.69, 9.17) is 0 Å². The third-order valence-electron chi connectivity index (χ3n) is 2.42. The SMILES string of the molecule is CSCCCC(O)c1cccc(C(F)(F)F)c1. The molecule has 0 fully saturated rings. The maximum absolute atomic E-state index is 12.5. The first-order valence-electron chi connectivity index (χ1n) is 5.29. The van der Waals surface area contributed by atoms with Crippen molar-refractivity contribution in [3.8, 4) is 0 Å². The fourth-order valence-electron chi connectivity index (χ4n) is 1.51. The van der Waals surface area contributed by atoms with Gasteiger partial charge in [0.2, 0.25) is 0 Å². The van der Waals surface area contributed by atoms with Crippen molar-refractivity contribution in [1.29, 1.82) is 0 Å². The molecule has 0 aromatic heterocycles. The molecule has 1 N–H and O–H groups in total. The average Bonchev–Trinajstić information content (AvgIpc) is 2.28. The van der Waals surface area contributed by atoms with Crippen LogP contribution in [-0.4, -0.2) is 17.1 Å². The van der Waals surface area contributed by atoms with Crippen LogP contribution in [0.1, 0.15) is 30.1 Å². The summed E-state index contributed by atoms with van der Waals surface area (Å²) in [7, 11) is 0. The average molecular weight is 264 g/mol. The number of hydrogen-bond donors (Lipinski definition) is 1. The lowest BCUT2D eigenvalue weighted by molar-refractivity contribution is -0.137. The Morgan fingerprint density at radius 2 is 2.06 bits per heavy atom. The number of benzene rings is 1. The van der Waals surface area contributed by atoms with Gasteiger partial charge in [0, 0.05) is 0 Å². The maximum atomic E-state index is 12.5. The van der Waals surface area contributed by atoms with Crippen molar-refractivity contribution in [2.75, 3.05) is 12.0 Å². The highest BCUT2D eigenvalue weighted by Gasteiger charge is 2.30. The highest BCUT2D eigenvalue weighted by atomic mass is 32.2. The second-order valence-electron chi connectivity index (χ2n) is 3.77. The summed E-state index contributed by atoms with van der Waals surface area (Å²) in [5.74, 6) is 0.899. The Hall–Kier alpha value is -0.680. The monoisotopic (exact) mass is 264 g/mol. The zero-order valence-electron chi connectivity index (χ0n) is 9.50. The molecule has 1 nitrogen and oxygen atoms in total. The number of rotatable bonds is 5. The molecular formula is C12H15F3OS. The molecule has 0 bridgehead atoms. The highest BCUT2D eigenvalue weighted by molar-refractivity contribution is 7.98. The topological polar surface area (TPSA) is 20.2 Å². The summed E-state index contributed by atoms with van der Waals surface area (Å²) in [6.45, 7) is 0. The van der Waals surface area contributed by atoms with Gasteiger partial charge >= 0.3 is 6.18 Å². The second-order valence-corrected chi connectivity index (χ2v) is 4.76. The van der Waals surface area contributed by atoms with Crippen LogP contribution in [0.3, 0.4) is 0 Å². The van der Waals surface area contributed by atoms with Gasteiger partial charge in [-0.25, -0.2) is 0 Å². The van der Waals surface area contributed by atoms with Crippen molar-refractivity contribution in [1.82, 2.24) is 0 Å². The summed E-state index contributed by atoms with van der Waals surface area (Å²) < 4.78 is 37.4. The first-order valence-corrected chi connectivity index (χ1v) is 6.68. The molecule has 5 heteroatoms. The van der Waals surface area contributed by atoms with Crippen LogP contribution in [0.25, 0.3) is 0 Å². The minimum absolute atomic E-state index is 0.334. The summed E-state index contributed by atoms with van der Waals surface area (Å²) in [5, 5.41) is 9.76.